The first-order valence-electron chi connectivity index (χ1n) is 10.1. The molecule has 0 aliphatic heterocycles. The number of hydrogen-bond donors (Lipinski definition) is 4. The zero-order valence-corrected chi connectivity index (χ0v) is 16.1. The number of nitrogens with one attached hydrogen (secondary N) is 1. The standard InChI is InChI=1S/C20H40N2O3/c1-2-3-4-11-14-18(23)15-12-9-7-5-6-8-10-13-16-19(24)22-20(25)17-21/h9,12,18,20,23,25H,2-8,10-11,13-17,21H2,1H3,(H,22,24)/b12-9-/t18-,20?/m1/s1. The number of carbonyl (C=O) groups excluding carboxylic acids is 1. The molecule has 0 spiro atoms. The number of allylic oxidation sites excluding steroid dienone is 1. The van der Waals surface area contributed by atoms with E-state index in [0.29, 0.717) is 6.42 Å². The third-order valence-corrected chi connectivity index (χ3v) is 4.29. The van der Waals surface area contributed by atoms with E-state index in [1.807, 2.05) is 0 Å². The Kier molecular flexibility index (Phi) is 17.2. The van der Waals surface area contributed by atoms with Crippen LogP contribution in [0.1, 0.15) is 90.4 Å². The summed E-state index contributed by atoms with van der Waals surface area (Å²) >= 11 is 0. The lowest BCUT2D eigenvalue weighted by atomic mass is 10.1. The van der Waals surface area contributed by atoms with E-state index < -0.39 is 6.23 Å². The molecule has 0 fully saturated rings. The molecule has 5 N–H and O–H groups in total. The molecule has 0 aromatic heterocycles. The Balaban J connectivity index is 3.36. The van der Waals surface area contributed by atoms with Gasteiger partial charge in [0, 0.05) is 13.0 Å². The van der Waals surface area contributed by atoms with E-state index in [0.717, 1.165) is 57.8 Å². The summed E-state index contributed by atoms with van der Waals surface area (Å²) < 4.78 is 0. The Morgan fingerprint density at radius 3 is 2.40 bits per heavy atom. The molecule has 0 saturated heterocycles. The van der Waals surface area contributed by atoms with Gasteiger partial charge in [-0.05, 0) is 32.1 Å². The van der Waals surface area contributed by atoms with E-state index in [-0.39, 0.29) is 18.6 Å². The van der Waals surface area contributed by atoms with Crippen LogP contribution in [0.2, 0.25) is 0 Å². The molecule has 25 heavy (non-hydrogen) atoms. The average molecular weight is 357 g/mol. The zero-order chi connectivity index (χ0) is 18.8. The van der Waals surface area contributed by atoms with Crippen molar-refractivity contribution in [2.24, 2.45) is 5.73 Å². The normalized spacial score (nSPS) is 13.9. The molecular weight excluding hydrogens is 316 g/mol. The van der Waals surface area contributed by atoms with Gasteiger partial charge in [-0.3, -0.25) is 4.79 Å². The Morgan fingerprint density at radius 1 is 1.00 bits per heavy atom. The Labute approximate surface area is 154 Å². The van der Waals surface area contributed by atoms with Gasteiger partial charge in [0.05, 0.1) is 6.10 Å². The summed E-state index contributed by atoms with van der Waals surface area (Å²) in [6.07, 6.45) is 16.6. The predicted octanol–water partition coefficient (Wildman–Crippen LogP) is 3.39. The maximum absolute atomic E-state index is 11.4. The molecule has 0 aliphatic rings. The van der Waals surface area contributed by atoms with Gasteiger partial charge in [-0.25, -0.2) is 0 Å². The van der Waals surface area contributed by atoms with Crippen molar-refractivity contribution in [1.82, 2.24) is 5.32 Å². The summed E-state index contributed by atoms with van der Waals surface area (Å²) in [5, 5.41) is 21.5. The number of rotatable bonds is 17. The smallest absolute Gasteiger partial charge is 0.222 e. The van der Waals surface area contributed by atoms with Gasteiger partial charge < -0.3 is 21.3 Å². The van der Waals surface area contributed by atoms with Crippen LogP contribution in [0.5, 0.6) is 0 Å². The van der Waals surface area contributed by atoms with E-state index in [2.05, 4.69) is 24.4 Å². The summed E-state index contributed by atoms with van der Waals surface area (Å²) in [6, 6.07) is 0. The highest BCUT2D eigenvalue weighted by Gasteiger charge is 2.05. The molecule has 1 amide bonds. The van der Waals surface area contributed by atoms with Crippen LogP contribution in [-0.4, -0.2) is 35.0 Å². The van der Waals surface area contributed by atoms with Crippen molar-refractivity contribution in [2.75, 3.05) is 6.54 Å². The van der Waals surface area contributed by atoms with Gasteiger partial charge in [-0.2, -0.15) is 0 Å². The molecule has 5 nitrogen and oxygen atoms in total. The summed E-state index contributed by atoms with van der Waals surface area (Å²) in [6.45, 7) is 2.25. The minimum absolute atomic E-state index is 0.0507. The van der Waals surface area contributed by atoms with Gasteiger partial charge in [-0.15, -0.1) is 0 Å². The molecule has 0 bridgehead atoms. The van der Waals surface area contributed by atoms with Crippen molar-refractivity contribution >= 4 is 5.91 Å². The van der Waals surface area contributed by atoms with Crippen LogP contribution in [-0.2, 0) is 4.79 Å². The van der Waals surface area contributed by atoms with Gasteiger partial charge in [-0.1, -0.05) is 64.0 Å². The average Bonchev–Trinajstić information content (AvgIpc) is 2.60. The molecule has 2 atom stereocenters. The second-order valence-corrected chi connectivity index (χ2v) is 6.84. The number of hydrogen-bond acceptors (Lipinski definition) is 4. The van der Waals surface area contributed by atoms with E-state index >= 15 is 0 Å². The number of amides is 1. The minimum atomic E-state index is -0.922. The van der Waals surface area contributed by atoms with Crippen molar-refractivity contribution in [3.63, 3.8) is 0 Å². The topological polar surface area (TPSA) is 95.6 Å². The third kappa shape index (κ3) is 17.7. The van der Waals surface area contributed by atoms with Crippen LogP contribution in [0.15, 0.2) is 12.2 Å². The molecule has 1 unspecified atom stereocenters. The molecule has 0 aliphatic carbocycles. The number of unbranched alkanes of at least 4 members (excludes halogenated alkanes) is 8. The van der Waals surface area contributed by atoms with Gasteiger partial charge in [0.25, 0.3) is 0 Å². The fraction of sp³-hybridized carbons (Fsp3) is 0.850. The molecule has 0 radical (unpaired) electrons. The molecule has 5 heteroatoms. The van der Waals surface area contributed by atoms with Crippen molar-refractivity contribution < 1.29 is 15.0 Å². The molecular formula is C20H40N2O3. The summed E-state index contributed by atoms with van der Waals surface area (Å²) in [5.74, 6) is -0.130. The molecule has 0 rings (SSSR count). The van der Waals surface area contributed by atoms with Crippen molar-refractivity contribution in [3.05, 3.63) is 12.2 Å². The summed E-state index contributed by atoms with van der Waals surface area (Å²) in [5.41, 5.74) is 5.23. The number of aliphatic hydroxyl groups excluding tert-OH is 2. The maximum atomic E-state index is 11.4. The zero-order valence-electron chi connectivity index (χ0n) is 16.1. The van der Waals surface area contributed by atoms with Crippen molar-refractivity contribution in [2.45, 2.75) is 103 Å². The van der Waals surface area contributed by atoms with E-state index in [1.165, 1.54) is 19.3 Å². The van der Waals surface area contributed by atoms with Crippen LogP contribution in [0.4, 0.5) is 0 Å². The van der Waals surface area contributed by atoms with Gasteiger partial charge in [0.1, 0.15) is 6.23 Å². The highest BCUT2D eigenvalue weighted by atomic mass is 16.3. The van der Waals surface area contributed by atoms with Crippen LogP contribution in [0.25, 0.3) is 0 Å². The monoisotopic (exact) mass is 356 g/mol. The Morgan fingerprint density at radius 2 is 1.68 bits per heavy atom. The van der Waals surface area contributed by atoms with Crippen LogP contribution >= 0.6 is 0 Å². The molecule has 0 aromatic rings. The fourth-order valence-electron chi connectivity index (χ4n) is 2.69. The van der Waals surface area contributed by atoms with Gasteiger partial charge in [0.2, 0.25) is 5.91 Å². The second kappa shape index (κ2) is 17.9. The number of nitrogens with two attached hydrogens (primary N) is 1. The molecule has 148 valence electrons. The van der Waals surface area contributed by atoms with Crippen molar-refractivity contribution in [3.8, 4) is 0 Å². The molecule has 0 heterocycles. The SMILES string of the molecule is CCCCCC[C@@H](O)C/C=C\CCCCCCCC(=O)NC(O)CN. The fourth-order valence-corrected chi connectivity index (χ4v) is 2.69. The van der Waals surface area contributed by atoms with Crippen LogP contribution in [0, 0.1) is 0 Å². The van der Waals surface area contributed by atoms with E-state index in [4.69, 9.17) is 5.73 Å². The Bertz CT molecular complexity index is 335. The number of carbonyl (C=O) groups is 1. The van der Waals surface area contributed by atoms with Crippen LogP contribution < -0.4 is 11.1 Å². The minimum Gasteiger partial charge on any atom is -0.393 e. The van der Waals surface area contributed by atoms with Crippen molar-refractivity contribution in [1.29, 1.82) is 0 Å². The largest absolute Gasteiger partial charge is 0.393 e. The lowest BCUT2D eigenvalue weighted by Gasteiger charge is -2.09. The van der Waals surface area contributed by atoms with Gasteiger partial charge >= 0.3 is 0 Å². The lowest BCUT2D eigenvalue weighted by molar-refractivity contribution is -0.124. The van der Waals surface area contributed by atoms with E-state index in [9.17, 15) is 15.0 Å². The highest BCUT2D eigenvalue weighted by Crippen LogP contribution is 2.10. The first-order valence-corrected chi connectivity index (χ1v) is 10.1. The second-order valence-electron chi connectivity index (χ2n) is 6.84. The Hall–Kier alpha value is -0.910. The quantitative estimate of drug-likeness (QED) is 0.182. The van der Waals surface area contributed by atoms with Gasteiger partial charge in [0.15, 0.2) is 0 Å². The lowest BCUT2D eigenvalue weighted by Crippen LogP contribution is -2.39. The van der Waals surface area contributed by atoms with Crippen LogP contribution in [0.3, 0.4) is 0 Å². The number of aliphatic hydroxyl groups is 2. The summed E-state index contributed by atoms with van der Waals surface area (Å²) in [4.78, 5) is 11.4. The highest BCUT2D eigenvalue weighted by molar-refractivity contribution is 5.75. The molecule has 0 saturated carbocycles. The first kappa shape index (κ1) is 24.1. The summed E-state index contributed by atoms with van der Waals surface area (Å²) in [7, 11) is 0. The third-order valence-electron chi connectivity index (χ3n) is 4.29. The predicted molar refractivity (Wildman–Crippen MR) is 104 cm³/mol. The maximum Gasteiger partial charge on any atom is 0.222 e. The van der Waals surface area contributed by atoms with E-state index in [1.54, 1.807) is 0 Å². The first-order chi connectivity index (χ1) is 12.1. The molecule has 0 aromatic carbocycles.